The monoisotopic (exact) mass is 270 g/mol. The maximum atomic E-state index is 3.57. The van der Waals surface area contributed by atoms with Gasteiger partial charge in [-0.25, -0.2) is 0 Å². The van der Waals surface area contributed by atoms with E-state index in [2.05, 4.69) is 42.9 Å². The van der Waals surface area contributed by atoms with E-state index in [4.69, 9.17) is 0 Å². The van der Waals surface area contributed by atoms with Gasteiger partial charge in [0.2, 0.25) is 0 Å². The van der Waals surface area contributed by atoms with Gasteiger partial charge in [-0.1, -0.05) is 13.3 Å². The molecule has 0 spiro atoms. The molecule has 1 aliphatic carbocycles. The van der Waals surface area contributed by atoms with Gasteiger partial charge in [-0.2, -0.15) is 11.8 Å². The number of hydrogen-bond acceptors (Lipinski definition) is 3. The normalized spacial score (nSPS) is 38.8. The maximum Gasteiger partial charge on any atom is 0.0158 e. The Bertz CT molecular complexity index is 247. The van der Waals surface area contributed by atoms with Gasteiger partial charge in [0.15, 0.2) is 0 Å². The first-order chi connectivity index (χ1) is 8.74. The molecule has 0 radical (unpaired) electrons. The molecule has 2 aliphatic rings. The third-order valence-electron chi connectivity index (χ3n) is 5.01. The van der Waals surface area contributed by atoms with Crippen molar-refractivity contribution >= 4 is 11.8 Å². The highest BCUT2D eigenvalue weighted by Gasteiger charge is 2.31. The molecular formula is C15H30N2S. The molecule has 1 saturated heterocycles. The van der Waals surface area contributed by atoms with E-state index in [1.165, 1.54) is 50.3 Å². The third-order valence-corrected chi connectivity index (χ3v) is 6.20. The number of nitrogens with zero attached hydrogens (tertiary/aromatic N) is 1. The first-order valence-corrected chi connectivity index (χ1v) is 8.89. The molecular weight excluding hydrogens is 240 g/mol. The predicted octanol–water partition coefficient (Wildman–Crippen LogP) is 2.84. The lowest BCUT2D eigenvalue weighted by atomic mass is 9.76. The van der Waals surface area contributed by atoms with Gasteiger partial charge in [0, 0.05) is 36.7 Å². The number of rotatable bonds is 4. The van der Waals surface area contributed by atoms with Crippen LogP contribution in [0.15, 0.2) is 0 Å². The summed E-state index contributed by atoms with van der Waals surface area (Å²) in [6.07, 6.45) is 5.64. The van der Waals surface area contributed by atoms with Gasteiger partial charge in [-0.3, -0.25) is 4.90 Å². The minimum atomic E-state index is 0.759. The first kappa shape index (κ1) is 14.7. The van der Waals surface area contributed by atoms with E-state index in [0.29, 0.717) is 0 Å². The van der Waals surface area contributed by atoms with Gasteiger partial charge < -0.3 is 5.32 Å². The molecule has 0 aromatic carbocycles. The average molecular weight is 270 g/mol. The van der Waals surface area contributed by atoms with E-state index in [1.54, 1.807) is 0 Å². The van der Waals surface area contributed by atoms with Crippen molar-refractivity contribution in [3.8, 4) is 0 Å². The predicted molar refractivity (Wildman–Crippen MR) is 82.3 cm³/mol. The fraction of sp³-hybridized carbons (Fsp3) is 1.00. The second kappa shape index (κ2) is 7.16. The number of thioether (sulfide) groups is 1. The molecule has 18 heavy (non-hydrogen) atoms. The molecule has 1 heterocycles. The fourth-order valence-corrected chi connectivity index (χ4v) is 4.73. The van der Waals surface area contributed by atoms with Gasteiger partial charge in [0.25, 0.3) is 0 Å². The molecule has 0 aromatic rings. The Balaban J connectivity index is 1.91. The van der Waals surface area contributed by atoms with Crippen LogP contribution in [0.1, 0.15) is 39.5 Å². The summed E-state index contributed by atoms with van der Waals surface area (Å²) in [6.45, 7) is 7.39. The van der Waals surface area contributed by atoms with E-state index in [1.807, 2.05) is 0 Å². The minimum Gasteiger partial charge on any atom is -0.317 e. The quantitative estimate of drug-likeness (QED) is 0.846. The molecule has 4 atom stereocenters. The van der Waals surface area contributed by atoms with Crippen molar-refractivity contribution in [1.29, 1.82) is 0 Å². The van der Waals surface area contributed by atoms with Crippen LogP contribution in [0.2, 0.25) is 0 Å². The van der Waals surface area contributed by atoms with Crippen LogP contribution in [0.4, 0.5) is 0 Å². The van der Waals surface area contributed by atoms with Gasteiger partial charge in [0.1, 0.15) is 0 Å². The van der Waals surface area contributed by atoms with Crippen molar-refractivity contribution in [2.24, 2.45) is 11.8 Å². The highest BCUT2D eigenvalue weighted by molar-refractivity contribution is 7.99. The molecule has 2 nitrogen and oxygen atoms in total. The van der Waals surface area contributed by atoms with Crippen LogP contribution in [-0.4, -0.2) is 48.6 Å². The van der Waals surface area contributed by atoms with Crippen LogP contribution in [-0.2, 0) is 0 Å². The van der Waals surface area contributed by atoms with Gasteiger partial charge in [-0.15, -0.1) is 0 Å². The second-order valence-corrected chi connectivity index (χ2v) is 7.31. The van der Waals surface area contributed by atoms with Crippen molar-refractivity contribution in [3.63, 3.8) is 0 Å². The molecule has 0 aromatic heterocycles. The van der Waals surface area contributed by atoms with Crippen LogP contribution in [0.5, 0.6) is 0 Å². The zero-order valence-corrected chi connectivity index (χ0v) is 13.1. The Kier molecular flexibility index (Phi) is 5.84. The lowest BCUT2D eigenvalue weighted by molar-refractivity contribution is 0.125. The van der Waals surface area contributed by atoms with Crippen molar-refractivity contribution in [2.45, 2.75) is 51.6 Å². The Morgan fingerprint density at radius 2 is 2.17 bits per heavy atom. The Labute approximate surface area is 117 Å². The van der Waals surface area contributed by atoms with Gasteiger partial charge in [-0.05, 0) is 45.1 Å². The second-order valence-electron chi connectivity index (χ2n) is 6.16. The van der Waals surface area contributed by atoms with E-state index >= 15 is 0 Å². The molecule has 1 saturated carbocycles. The van der Waals surface area contributed by atoms with Crippen molar-refractivity contribution < 1.29 is 0 Å². The SMILES string of the molecule is CCC1CCC(NC)C(CN2CCSCC2C)C1. The lowest BCUT2D eigenvalue weighted by Gasteiger charge is -2.41. The standard InChI is InChI=1S/C15H30N2S/c1-4-13-5-6-15(16-3)14(9-13)10-17-7-8-18-11-12(17)2/h12-16H,4-11H2,1-3H3. The molecule has 0 bridgehead atoms. The van der Waals surface area contributed by atoms with Crippen LogP contribution in [0.25, 0.3) is 0 Å². The smallest absolute Gasteiger partial charge is 0.0158 e. The minimum absolute atomic E-state index is 0.759. The highest BCUT2D eigenvalue weighted by atomic mass is 32.2. The van der Waals surface area contributed by atoms with E-state index in [9.17, 15) is 0 Å². The van der Waals surface area contributed by atoms with E-state index < -0.39 is 0 Å². The largest absolute Gasteiger partial charge is 0.317 e. The van der Waals surface area contributed by atoms with Crippen molar-refractivity contribution in [2.75, 3.05) is 31.6 Å². The summed E-state index contributed by atoms with van der Waals surface area (Å²) in [7, 11) is 2.15. The van der Waals surface area contributed by atoms with Crippen LogP contribution in [0.3, 0.4) is 0 Å². The summed E-state index contributed by atoms with van der Waals surface area (Å²) in [5.41, 5.74) is 0. The van der Waals surface area contributed by atoms with Crippen LogP contribution < -0.4 is 5.32 Å². The summed E-state index contributed by atoms with van der Waals surface area (Å²) < 4.78 is 0. The Morgan fingerprint density at radius 3 is 2.83 bits per heavy atom. The van der Waals surface area contributed by atoms with E-state index in [0.717, 1.165) is 23.9 Å². The first-order valence-electron chi connectivity index (χ1n) is 7.73. The molecule has 106 valence electrons. The Hall–Kier alpha value is 0.270. The summed E-state index contributed by atoms with van der Waals surface area (Å²) in [4.78, 5) is 2.74. The molecule has 0 amide bonds. The fourth-order valence-electron chi connectivity index (χ4n) is 3.65. The summed E-state index contributed by atoms with van der Waals surface area (Å²) >= 11 is 2.12. The van der Waals surface area contributed by atoms with E-state index in [-0.39, 0.29) is 0 Å². The summed E-state index contributed by atoms with van der Waals surface area (Å²) in [5.74, 6) is 4.51. The zero-order chi connectivity index (χ0) is 13.0. The van der Waals surface area contributed by atoms with Crippen molar-refractivity contribution in [1.82, 2.24) is 10.2 Å². The van der Waals surface area contributed by atoms with Gasteiger partial charge >= 0.3 is 0 Å². The Morgan fingerprint density at radius 1 is 1.33 bits per heavy atom. The molecule has 1 aliphatic heterocycles. The zero-order valence-electron chi connectivity index (χ0n) is 12.3. The van der Waals surface area contributed by atoms with Gasteiger partial charge in [0.05, 0.1) is 0 Å². The summed E-state index contributed by atoms with van der Waals surface area (Å²) in [5, 5.41) is 3.57. The molecule has 2 rings (SSSR count). The van der Waals surface area contributed by atoms with Crippen LogP contribution >= 0.6 is 11.8 Å². The van der Waals surface area contributed by atoms with Crippen LogP contribution in [0, 0.1) is 11.8 Å². The lowest BCUT2D eigenvalue weighted by Crippen LogP contribution is -2.49. The number of nitrogens with one attached hydrogen (secondary N) is 1. The maximum absolute atomic E-state index is 3.57. The highest BCUT2D eigenvalue weighted by Crippen LogP contribution is 2.32. The third kappa shape index (κ3) is 3.64. The average Bonchev–Trinajstić information content (AvgIpc) is 2.41. The number of hydrogen-bond donors (Lipinski definition) is 1. The molecule has 1 N–H and O–H groups in total. The molecule has 3 heteroatoms. The van der Waals surface area contributed by atoms with Crippen molar-refractivity contribution in [3.05, 3.63) is 0 Å². The topological polar surface area (TPSA) is 15.3 Å². The molecule has 4 unspecified atom stereocenters. The summed E-state index contributed by atoms with van der Waals surface area (Å²) in [6, 6.07) is 1.54. The molecule has 2 fully saturated rings.